The lowest BCUT2D eigenvalue weighted by Gasteiger charge is -2.29. The third kappa shape index (κ3) is 6.36. The predicted molar refractivity (Wildman–Crippen MR) is 85.2 cm³/mol. The zero-order valence-corrected chi connectivity index (χ0v) is 13.5. The van der Waals surface area contributed by atoms with Gasteiger partial charge in [-0.1, -0.05) is 38.3 Å². The molecule has 0 aromatic heterocycles. The van der Waals surface area contributed by atoms with E-state index in [1.165, 1.54) is 32.1 Å². The lowest BCUT2D eigenvalue weighted by atomic mass is 9.79. The van der Waals surface area contributed by atoms with Crippen LogP contribution in [0.3, 0.4) is 0 Å². The van der Waals surface area contributed by atoms with E-state index >= 15 is 0 Å². The van der Waals surface area contributed by atoms with E-state index in [0.717, 1.165) is 25.2 Å². The standard InChI is InChI=1S/C16H31N3O2/c1-3-5-6-12-7-9-13(10-8-12)16(20)18-14(4-2)11-15(17)19-21/h12-14,21H,3-11H2,1-2H3,(H2,17,19)(H,18,20). The molecular weight excluding hydrogens is 266 g/mol. The van der Waals surface area contributed by atoms with E-state index in [-0.39, 0.29) is 23.7 Å². The molecule has 1 atom stereocenters. The van der Waals surface area contributed by atoms with Crippen LogP contribution in [-0.4, -0.2) is 23.0 Å². The third-order valence-electron chi connectivity index (χ3n) is 4.61. The number of oxime groups is 1. The highest BCUT2D eigenvalue weighted by Crippen LogP contribution is 2.32. The van der Waals surface area contributed by atoms with Crippen LogP contribution < -0.4 is 11.1 Å². The van der Waals surface area contributed by atoms with Crippen molar-refractivity contribution in [3.05, 3.63) is 0 Å². The average Bonchev–Trinajstić information content (AvgIpc) is 2.52. The van der Waals surface area contributed by atoms with Crippen LogP contribution in [0.1, 0.15) is 71.6 Å². The van der Waals surface area contributed by atoms with E-state index in [0.29, 0.717) is 6.42 Å². The maximum atomic E-state index is 12.3. The number of carbonyl (C=O) groups excluding carboxylic acids is 1. The molecule has 1 saturated carbocycles. The predicted octanol–water partition coefficient (Wildman–Crippen LogP) is 3.01. The van der Waals surface area contributed by atoms with Gasteiger partial charge in [0.25, 0.3) is 0 Å². The van der Waals surface area contributed by atoms with Crippen LogP contribution in [0.2, 0.25) is 0 Å². The Morgan fingerprint density at radius 1 is 1.33 bits per heavy atom. The molecule has 1 fully saturated rings. The van der Waals surface area contributed by atoms with Crippen molar-refractivity contribution >= 4 is 11.7 Å². The van der Waals surface area contributed by atoms with Crippen LogP contribution in [0, 0.1) is 11.8 Å². The number of nitrogens with zero attached hydrogens (tertiary/aromatic N) is 1. The maximum Gasteiger partial charge on any atom is 0.223 e. The molecule has 0 bridgehead atoms. The number of nitrogens with two attached hydrogens (primary N) is 1. The van der Waals surface area contributed by atoms with Gasteiger partial charge < -0.3 is 16.3 Å². The van der Waals surface area contributed by atoms with Crippen molar-refractivity contribution in [2.75, 3.05) is 0 Å². The van der Waals surface area contributed by atoms with Gasteiger partial charge in [0.05, 0.1) is 0 Å². The summed E-state index contributed by atoms with van der Waals surface area (Å²) in [5.74, 6) is 1.27. The Balaban J connectivity index is 2.35. The zero-order valence-electron chi connectivity index (χ0n) is 13.5. The van der Waals surface area contributed by atoms with Crippen molar-refractivity contribution in [1.82, 2.24) is 5.32 Å². The molecular formula is C16H31N3O2. The number of hydrogen-bond acceptors (Lipinski definition) is 3. The SMILES string of the molecule is CCCCC1CCC(C(=O)NC(CC)CC(N)=NO)CC1. The molecule has 122 valence electrons. The summed E-state index contributed by atoms with van der Waals surface area (Å²) in [6.45, 7) is 4.22. The van der Waals surface area contributed by atoms with E-state index < -0.39 is 0 Å². The molecule has 1 aliphatic rings. The largest absolute Gasteiger partial charge is 0.409 e. The zero-order chi connectivity index (χ0) is 15.7. The highest BCUT2D eigenvalue weighted by Gasteiger charge is 2.27. The van der Waals surface area contributed by atoms with Crippen molar-refractivity contribution < 1.29 is 10.0 Å². The van der Waals surface area contributed by atoms with Gasteiger partial charge >= 0.3 is 0 Å². The van der Waals surface area contributed by atoms with Gasteiger partial charge in [-0.25, -0.2) is 0 Å². The number of rotatable bonds is 8. The molecule has 0 aliphatic heterocycles. The first-order valence-corrected chi connectivity index (χ1v) is 8.37. The number of amidine groups is 1. The Labute approximate surface area is 128 Å². The van der Waals surface area contributed by atoms with Crippen molar-refractivity contribution in [3.8, 4) is 0 Å². The Hall–Kier alpha value is -1.26. The molecule has 0 heterocycles. The Morgan fingerprint density at radius 2 is 2.00 bits per heavy atom. The Bertz CT molecular complexity index is 336. The topological polar surface area (TPSA) is 87.7 Å². The highest BCUT2D eigenvalue weighted by molar-refractivity contribution is 5.82. The molecule has 0 spiro atoms. The second-order valence-electron chi connectivity index (χ2n) is 6.27. The van der Waals surface area contributed by atoms with Crippen molar-refractivity contribution in [3.63, 3.8) is 0 Å². The molecule has 5 heteroatoms. The second-order valence-corrected chi connectivity index (χ2v) is 6.27. The number of amides is 1. The summed E-state index contributed by atoms with van der Waals surface area (Å²) in [6.07, 6.45) is 9.42. The minimum Gasteiger partial charge on any atom is -0.409 e. The molecule has 1 unspecified atom stereocenters. The minimum atomic E-state index is -0.0359. The van der Waals surface area contributed by atoms with Crippen molar-refractivity contribution in [2.24, 2.45) is 22.7 Å². The van der Waals surface area contributed by atoms with E-state index in [9.17, 15) is 4.79 Å². The summed E-state index contributed by atoms with van der Waals surface area (Å²) in [5, 5.41) is 14.6. The van der Waals surface area contributed by atoms with Crippen LogP contribution in [0.25, 0.3) is 0 Å². The normalized spacial score (nSPS) is 24.6. The van der Waals surface area contributed by atoms with E-state index in [2.05, 4.69) is 17.4 Å². The summed E-state index contributed by atoms with van der Waals surface area (Å²) in [7, 11) is 0. The van der Waals surface area contributed by atoms with Crippen LogP contribution in [-0.2, 0) is 4.79 Å². The molecule has 1 amide bonds. The molecule has 1 aliphatic carbocycles. The average molecular weight is 297 g/mol. The quantitative estimate of drug-likeness (QED) is 0.278. The molecule has 1 rings (SSSR count). The Kier molecular flexibility index (Phi) is 8.16. The first-order chi connectivity index (χ1) is 10.1. The number of nitrogens with one attached hydrogen (secondary N) is 1. The first-order valence-electron chi connectivity index (χ1n) is 8.37. The second kappa shape index (κ2) is 9.64. The lowest BCUT2D eigenvalue weighted by molar-refractivity contribution is -0.126. The molecule has 0 aromatic carbocycles. The molecule has 0 aromatic rings. The third-order valence-corrected chi connectivity index (χ3v) is 4.61. The van der Waals surface area contributed by atoms with E-state index in [1.54, 1.807) is 0 Å². The fourth-order valence-corrected chi connectivity index (χ4v) is 3.12. The fraction of sp³-hybridized carbons (Fsp3) is 0.875. The molecule has 0 saturated heterocycles. The van der Waals surface area contributed by atoms with Gasteiger partial charge in [-0.3, -0.25) is 4.79 Å². The van der Waals surface area contributed by atoms with Crippen molar-refractivity contribution in [2.45, 2.75) is 77.7 Å². The van der Waals surface area contributed by atoms with Crippen molar-refractivity contribution in [1.29, 1.82) is 0 Å². The minimum absolute atomic E-state index is 0.0359. The van der Waals surface area contributed by atoms with Crippen LogP contribution >= 0.6 is 0 Å². The van der Waals surface area contributed by atoms with Gasteiger partial charge in [-0.15, -0.1) is 0 Å². The van der Waals surface area contributed by atoms with Crippen LogP contribution in [0.15, 0.2) is 5.16 Å². The van der Waals surface area contributed by atoms with Gasteiger partial charge in [-0.05, 0) is 38.0 Å². The molecule has 0 radical (unpaired) electrons. The smallest absolute Gasteiger partial charge is 0.223 e. The first kappa shape index (κ1) is 17.8. The molecule has 4 N–H and O–H groups in total. The molecule has 5 nitrogen and oxygen atoms in total. The van der Waals surface area contributed by atoms with Gasteiger partial charge in [0.2, 0.25) is 5.91 Å². The number of hydrogen-bond donors (Lipinski definition) is 3. The highest BCUT2D eigenvalue weighted by atomic mass is 16.4. The lowest BCUT2D eigenvalue weighted by Crippen LogP contribution is -2.41. The summed E-state index contributed by atoms with van der Waals surface area (Å²) < 4.78 is 0. The summed E-state index contributed by atoms with van der Waals surface area (Å²) in [5.41, 5.74) is 5.52. The van der Waals surface area contributed by atoms with Gasteiger partial charge in [0.1, 0.15) is 5.84 Å². The monoisotopic (exact) mass is 297 g/mol. The fourth-order valence-electron chi connectivity index (χ4n) is 3.12. The van der Waals surface area contributed by atoms with E-state index in [1.807, 2.05) is 6.92 Å². The van der Waals surface area contributed by atoms with Gasteiger partial charge in [0.15, 0.2) is 0 Å². The summed E-state index contributed by atoms with van der Waals surface area (Å²) in [6, 6.07) is -0.0359. The number of unbranched alkanes of at least 4 members (excludes halogenated alkanes) is 1. The molecule has 21 heavy (non-hydrogen) atoms. The summed E-state index contributed by atoms with van der Waals surface area (Å²) in [4.78, 5) is 12.3. The summed E-state index contributed by atoms with van der Waals surface area (Å²) >= 11 is 0. The van der Waals surface area contributed by atoms with Crippen LogP contribution in [0.4, 0.5) is 0 Å². The van der Waals surface area contributed by atoms with E-state index in [4.69, 9.17) is 10.9 Å². The van der Waals surface area contributed by atoms with Crippen LogP contribution in [0.5, 0.6) is 0 Å². The Morgan fingerprint density at radius 3 is 2.52 bits per heavy atom. The van der Waals surface area contributed by atoms with Gasteiger partial charge in [-0.2, -0.15) is 0 Å². The van der Waals surface area contributed by atoms with Gasteiger partial charge in [0, 0.05) is 18.4 Å². The number of carbonyl (C=O) groups is 1. The maximum absolute atomic E-state index is 12.3.